The summed E-state index contributed by atoms with van der Waals surface area (Å²) < 4.78 is 5.15. The lowest BCUT2D eigenvalue weighted by Gasteiger charge is -2.35. The van der Waals surface area contributed by atoms with Crippen LogP contribution in [0.2, 0.25) is 0 Å². The molecular formula is C28H39N3O3. The summed E-state index contributed by atoms with van der Waals surface area (Å²) in [6.45, 7) is 9.61. The zero-order valence-electron chi connectivity index (χ0n) is 20.8. The molecule has 2 aromatic rings. The molecule has 6 heteroatoms. The molecule has 0 aromatic heterocycles. The van der Waals surface area contributed by atoms with Crippen LogP contribution in [0.15, 0.2) is 48.5 Å². The molecule has 0 radical (unpaired) electrons. The second-order valence-corrected chi connectivity index (χ2v) is 9.31. The third-order valence-electron chi connectivity index (χ3n) is 6.48. The maximum atomic E-state index is 13.0. The van der Waals surface area contributed by atoms with Gasteiger partial charge in [0.15, 0.2) is 0 Å². The van der Waals surface area contributed by atoms with Gasteiger partial charge in [-0.3, -0.25) is 14.5 Å². The Balaban J connectivity index is 0.00000103. The smallest absolute Gasteiger partial charge is 0.325 e. The number of likely N-dealkylation sites (tertiary alicyclic amines) is 2. The highest BCUT2D eigenvalue weighted by Gasteiger charge is 2.37. The summed E-state index contributed by atoms with van der Waals surface area (Å²) in [5, 5.41) is 0. The number of amides is 1. The minimum absolute atomic E-state index is 0.0180. The van der Waals surface area contributed by atoms with Crippen LogP contribution in [-0.2, 0) is 16.1 Å². The molecule has 6 nitrogen and oxygen atoms in total. The van der Waals surface area contributed by atoms with Gasteiger partial charge in [0.25, 0.3) is 0 Å². The average Bonchev–Trinajstić information content (AvgIpc) is 3.21. The van der Waals surface area contributed by atoms with Crippen molar-refractivity contribution in [3.63, 3.8) is 0 Å². The number of carbonyl (C=O) groups is 2. The van der Waals surface area contributed by atoms with Gasteiger partial charge in [-0.05, 0) is 68.5 Å². The van der Waals surface area contributed by atoms with Crippen molar-refractivity contribution in [2.45, 2.75) is 65.0 Å². The SMILES string of the molecule is CCC.Cc1ccc(CN2CC[C@@H](N3CCC(c4ccc(OC(=O)CN)cc4)CC3)C2=O)cc1. The van der Waals surface area contributed by atoms with Crippen molar-refractivity contribution in [2.75, 3.05) is 26.2 Å². The Morgan fingerprint density at radius 2 is 1.59 bits per heavy atom. The molecule has 0 aliphatic carbocycles. The number of nitrogens with two attached hydrogens (primary N) is 1. The Morgan fingerprint density at radius 3 is 2.18 bits per heavy atom. The minimum Gasteiger partial charge on any atom is -0.426 e. The van der Waals surface area contributed by atoms with Gasteiger partial charge in [-0.25, -0.2) is 0 Å². The number of benzene rings is 2. The molecule has 1 amide bonds. The molecular weight excluding hydrogens is 426 g/mol. The Morgan fingerprint density at radius 1 is 0.971 bits per heavy atom. The number of rotatable bonds is 6. The topological polar surface area (TPSA) is 75.9 Å². The van der Waals surface area contributed by atoms with E-state index in [-0.39, 0.29) is 18.5 Å². The van der Waals surface area contributed by atoms with Crippen LogP contribution in [0.3, 0.4) is 0 Å². The highest BCUT2D eigenvalue weighted by molar-refractivity contribution is 5.84. The molecule has 0 spiro atoms. The summed E-state index contributed by atoms with van der Waals surface area (Å²) in [6.07, 6.45) is 4.23. The lowest BCUT2D eigenvalue weighted by atomic mass is 9.88. The lowest BCUT2D eigenvalue weighted by Crippen LogP contribution is -2.45. The fourth-order valence-corrected chi connectivity index (χ4v) is 4.66. The molecule has 0 unspecified atom stereocenters. The number of hydrogen-bond donors (Lipinski definition) is 1. The molecule has 2 aliphatic rings. The number of aryl methyl sites for hydroxylation is 1. The number of piperidine rings is 1. The van der Waals surface area contributed by atoms with E-state index in [0.29, 0.717) is 18.2 Å². The molecule has 184 valence electrons. The second-order valence-electron chi connectivity index (χ2n) is 9.31. The van der Waals surface area contributed by atoms with Gasteiger partial charge in [0.2, 0.25) is 5.91 Å². The van der Waals surface area contributed by atoms with Gasteiger partial charge in [-0.1, -0.05) is 62.2 Å². The molecule has 4 rings (SSSR count). The van der Waals surface area contributed by atoms with E-state index >= 15 is 0 Å². The monoisotopic (exact) mass is 465 g/mol. The number of esters is 1. The van der Waals surface area contributed by atoms with Gasteiger partial charge < -0.3 is 15.4 Å². The van der Waals surface area contributed by atoms with Gasteiger partial charge in [0.1, 0.15) is 5.75 Å². The number of ether oxygens (including phenoxy) is 1. The van der Waals surface area contributed by atoms with E-state index in [9.17, 15) is 9.59 Å². The van der Waals surface area contributed by atoms with Crippen molar-refractivity contribution in [3.8, 4) is 5.75 Å². The largest absolute Gasteiger partial charge is 0.426 e. The van der Waals surface area contributed by atoms with Gasteiger partial charge in [0, 0.05) is 13.1 Å². The van der Waals surface area contributed by atoms with Crippen molar-refractivity contribution in [2.24, 2.45) is 5.73 Å². The van der Waals surface area contributed by atoms with Crippen LogP contribution in [0.4, 0.5) is 0 Å². The molecule has 34 heavy (non-hydrogen) atoms. The van der Waals surface area contributed by atoms with Gasteiger partial charge in [0.05, 0.1) is 12.6 Å². The van der Waals surface area contributed by atoms with Crippen molar-refractivity contribution >= 4 is 11.9 Å². The van der Waals surface area contributed by atoms with Crippen molar-refractivity contribution < 1.29 is 14.3 Å². The first-order chi connectivity index (χ1) is 16.4. The Labute approximate surface area is 204 Å². The van der Waals surface area contributed by atoms with E-state index in [0.717, 1.165) is 38.9 Å². The van der Waals surface area contributed by atoms with Crippen LogP contribution in [0.5, 0.6) is 5.75 Å². The van der Waals surface area contributed by atoms with E-state index in [2.05, 4.69) is 49.9 Å². The standard InChI is InChI=1S/C25H31N3O3.C3H8/c1-18-2-4-19(5-3-18)17-28-15-12-23(25(28)30)27-13-10-21(11-14-27)20-6-8-22(9-7-20)31-24(29)16-26;1-3-2/h2-9,21,23H,10-17,26H2,1H3;3H2,1-2H3/t23-;/m1./s1. The summed E-state index contributed by atoms with van der Waals surface area (Å²) in [7, 11) is 0. The van der Waals surface area contributed by atoms with Crippen LogP contribution >= 0.6 is 0 Å². The maximum absolute atomic E-state index is 13.0. The molecule has 2 aromatic carbocycles. The molecule has 2 aliphatic heterocycles. The third-order valence-corrected chi connectivity index (χ3v) is 6.48. The Bertz CT molecular complexity index is 919. The van der Waals surface area contributed by atoms with E-state index < -0.39 is 5.97 Å². The lowest BCUT2D eigenvalue weighted by molar-refractivity contribution is -0.133. The number of carbonyl (C=O) groups excluding carboxylic acids is 2. The number of hydrogen-bond acceptors (Lipinski definition) is 5. The molecule has 2 heterocycles. The summed E-state index contributed by atoms with van der Waals surface area (Å²) in [5.74, 6) is 0.835. The van der Waals surface area contributed by atoms with Crippen LogP contribution in [0.25, 0.3) is 0 Å². The van der Waals surface area contributed by atoms with E-state index in [4.69, 9.17) is 10.5 Å². The maximum Gasteiger partial charge on any atom is 0.325 e. The minimum atomic E-state index is -0.432. The highest BCUT2D eigenvalue weighted by Crippen LogP contribution is 2.32. The van der Waals surface area contributed by atoms with Gasteiger partial charge >= 0.3 is 5.97 Å². The first-order valence-corrected chi connectivity index (χ1v) is 12.5. The van der Waals surface area contributed by atoms with Crippen LogP contribution in [0, 0.1) is 6.92 Å². The van der Waals surface area contributed by atoms with Crippen LogP contribution in [-0.4, -0.2) is 53.9 Å². The zero-order valence-corrected chi connectivity index (χ0v) is 20.8. The second kappa shape index (κ2) is 12.7. The third kappa shape index (κ3) is 6.90. The molecule has 2 saturated heterocycles. The zero-order chi connectivity index (χ0) is 24.5. The molecule has 0 bridgehead atoms. The van der Waals surface area contributed by atoms with Crippen molar-refractivity contribution in [1.29, 1.82) is 0 Å². The average molecular weight is 466 g/mol. The van der Waals surface area contributed by atoms with Crippen molar-refractivity contribution in [3.05, 3.63) is 65.2 Å². The quantitative estimate of drug-likeness (QED) is 0.510. The van der Waals surface area contributed by atoms with E-state index in [1.165, 1.54) is 23.1 Å². The molecule has 1 atom stereocenters. The fraction of sp³-hybridized carbons (Fsp3) is 0.500. The Kier molecular flexibility index (Phi) is 9.66. The van der Waals surface area contributed by atoms with E-state index in [1.54, 1.807) is 0 Å². The number of nitrogens with zero attached hydrogens (tertiary/aromatic N) is 2. The Hall–Kier alpha value is -2.70. The predicted molar refractivity (Wildman–Crippen MR) is 136 cm³/mol. The molecule has 2 fully saturated rings. The fourth-order valence-electron chi connectivity index (χ4n) is 4.66. The first kappa shape index (κ1) is 25.9. The summed E-state index contributed by atoms with van der Waals surface area (Å²) >= 11 is 0. The predicted octanol–water partition coefficient (Wildman–Crippen LogP) is 4.26. The van der Waals surface area contributed by atoms with Crippen molar-refractivity contribution in [1.82, 2.24) is 9.80 Å². The molecule has 2 N–H and O–H groups in total. The van der Waals surface area contributed by atoms with E-state index in [1.807, 2.05) is 29.2 Å². The first-order valence-electron chi connectivity index (χ1n) is 12.5. The van der Waals surface area contributed by atoms with Gasteiger partial charge in [-0.2, -0.15) is 0 Å². The van der Waals surface area contributed by atoms with Gasteiger partial charge in [-0.15, -0.1) is 0 Å². The summed E-state index contributed by atoms with van der Waals surface area (Å²) in [6, 6.07) is 16.2. The summed E-state index contributed by atoms with van der Waals surface area (Å²) in [4.78, 5) is 28.7. The summed E-state index contributed by atoms with van der Waals surface area (Å²) in [5.41, 5.74) is 8.98. The normalized spacial score (nSPS) is 19.0. The molecule has 0 saturated carbocycles. The van der Waals surface area contributed by atoms with Crippen LogP contribution in [0.1, 0.15) is 62.1 Å². The van der Waals surface area contributed by atoms with Crippen LogP contribution < -0.4 is 10.5 Å². The highest BCUT2D eigenvalue weighted by atomic mass is 16.5.